The molecule has 0 radical (unpaired) electrons. The van der Waals surface area contributed by atoms with Gasteiger partial charge < -0.3 is 10.1 Å². The second-order valence-corrected chi connectivity index (χ2v) is 6.58. The lowest BCUT2D eigenvalue weighted by Gasteiger charge is -2.10. The standard InChI is InChI=1S/C15H20N2O3S/c1-2-3-4-5-10-13(14(18)19)21(20)15-16-11-8-6-7-9-12(11)17-15/h6-9,13H,2-5,10H2,1H3,(H,16,17)(H,18,19). The summed E-state index contributed by atoms with van der Waals surface area (Å²) in [6.45, 7) is 2.10. The van der Waals surface area contributed by atoms with Gasteiger partial charge in [0.15, 0.2) is 5.16 Å². The van der Waals surface area contributed by atoms with Crippen LogP contribution in [0.5, 0.6) is 0 Å². The molecule has 0 aliphatic heterocycles. The van der Waals surface area contributed by atoms with E-state index < -0.39 is 22.0 Å². The maximum Gasteiger partial charge on any atom is 0.319 e. The number of nitrogens with zero attached hydrogens (tertiary/aromatic N) is 1. The highest BCUT2D eigenvalue weighted by molar-refractivity contribution is 7.86. The van der Waals surface area contributed by atoms with E-state index in [1.165, 1.54) is 0 Å². The van der Waals surface area contributed by atoms with Gasteiger partial charge in [-0.2, -0.15) is 0 Å². The summed E-state index contributed by atoms with van der Waals surface area (Å²) in [5.41, 5.74) is 1.48. The lowest BCUT2D eigenvalue weighted by Crippen LogP contribution is -2.26. The van der Waals surface area contributed by atoms with Gasteiger partial charge in [-0.15, -0.1) is 0 Å². The maximum atomic E-state index is 12.5. The number of rotatable bonds is 8. The SMILES string of the molecule is CCCCCCC(C(=O)O)S(=O)c1nc2ccccc2[nH]1. The number of aromatic amines is 1. The molecule has 0 saturated heterocycles. The zero-order valence-electron chi connectivity index (χ0n) is 12.0. The first-order valence-electron chi connectivity index (χ1n) is 7.21. The van der Waals surface area contributed by atoms with E-state index in [1.807, 2.05) is 24.3 Å². The van der Waals surface area contributed by atoms with Crippen LogP contribution in [0.3, 0.4) is 0 Å². The minimum atomic E-state index is -1.66. The summed E-state index contributed by atoms with van der Waals surface area (Å²) < 4.78 is 12.5. The third-order valence-corrected chi connectivity index (χ3v) is 4.94. The van der Waals surface area contributed by atoms with Crippen LogP contribution in [0.4, 0.5) is 0 Å². The van der Waals surface area contributed by atoms with Gasteiger partial charge in [0.05, 0.1) is 11.0 Å². The van der Waals surface area contributed by atoms with Gasteiger partial charge in [-0.25, -0.2) is 4.98 Å². The smallest absolute Gasteiger partial charge is 0.319 e. The third kappa shape index (κ3) is 3.91. The molecule has 2 atom stereocenters. The second-order valence-electron chi connectivity index (χ2n) is 5.03. The molecule has 2 rings (SSSR count). The molecule has 1 heterocycles. The summed E-state index contributed by atoms with van der Waals surface area (Å²) in [6.07, 6.45) is 4.32. The van der Waals surface area contributed by atoms with Crippen LogP contribution in [0.2, 0.25) is 0 Å². The molecule has 1 aromatic heterocycles. The number of carboxylic acids is 1. The average molecular weight is 308 g/mol. The van der Waals surface area contributed by atoms with Gasteiger partial charge in [-0.1, -0.05) is 44.7 Å². The summed E-state index contributed by atoms with van der Waals surface area (Å²) in [4.78, 5) is 18.6. The number of carbonyl (C=O) groups is 1. The van der Waals surface area contributed by atoms with Crippen molar-refractivity contribution in [3.05, 3.63) is 24.3 Å². The van der Waals surface area contributed by atoms with Gasteiger partial charge in [-0.3, -0.25) is 9.00 Å². The van der Waals surface area contributed by atoms with Crippen molar-refractivity contribution < 1.29 is 14.1 Å². The van der Waals surface area contributed by atoms with Crippen molar-refractivity contribution >= 4 is 27.8 Å². The normalized spacial score (nSPS) is 14.1. The number of aliphatic carboxylic acids is 1. The van der Waals surface area contributed by atoms with Crippen LogP contribution < -0.4 is 0 Å². The highest BCUT2D eigenvalue weighted by atomic mass is 32.2. The van der Waals surface area contributed by atoms with Crippen LogP contribution in [0, 0.1) is 0 Å². The van der Waals surface area contributed by atoms with E-state index in [4.69, 9.17) is 0 Å². The van der Waals surface area contributed by atoms with E-state index in [-0.39, 0.29) is 5.16 Å². The Hall–Kier alpha value is -1.69. The van der Waals surface area contributed by atoms with Gasteiger partial charge in [0.2, 0.25) is 0 Å². The Morgan fingerprint density at radius 3 is 2.76 bits per heavy atom. The van der Waals surface area contributed by atoms with E-state index in [2.05, 4.69) is 16.9 Å². The maximum absolute atomic E-state index is 12.5. The number of para-hydroxylation sites is 2. The molecule has 0 bridgehead atoms. The van der Waals surface area contributed by atoms with Crippen LogP contribution in [0.15, 0.2) is 29.4 Å². The second kappa shape index (κ2) is 7.36. The number of carboxylic acid groups (broad SMARTS) is 1. The fourth-order valence-corrected chi connectivity index (χ4v) is 3.47. The average Bonchev–Trinajstić information content (AvgIpc) is 2.90. The molecule has 0 fully saturated rings. The van der Waals surface area contributed by atoms with Crippen molar-refractivity contribution in [2.24, 2.45) is 0 Å². The Morgan fingerprint density at radius 2 is 2.10 bits per heavy atom. The van der Waals surface area contributed by atoms with E-state index in [0.29, 0.717) is 11.9 Å². The van der Waals surface area contributed by atoms with Crippen molar-refractivity contribution in [2.75, 3.05) is 0 Å². The van der Waals surface area contributed by atoms with Crippen molar-refractivity contribution in [1.82, 2.24) is 9.97 Å². The number of benzene rings is 1. The quantitative estimate of drug-likeness (QED) is 0.734. The Labute approximate surface area is 126 Å². The molecule has 21 heavy (non-hydrogen) atoms. The molecular weight excluding hydrogens is 288 g/mol. The van der Waals surface area contributed by atoms with Crippen LogP contribution in [0.1, 0.15) is 39.0 Å². The molecule has 0 saturated carbocycles. The van der Waals surface area contributed by atoms with Crippen molar-refractivity contribution in [1.29, 1.82) is 0 Å². The van der Waals surface area contributed by atoms with E-state index in [9.17, 15) is 14.1 Å². The van der Waals surface area contributed by atoms with E-state index >= 15 is 0 Å². The molecule has 0 aliphatic rings. The highest BCUT2D eigenvalue weighted by Crippen LogP contribution is 2.18. The lowest BCUT2D eigenvalue weighted by atomic mass is 10.1. The highest BCUT2D eigenvalue weighted by Gasteiger charge is 2.27. The van der Waals surface area contributed by atoms with Crippen LogP contribution in [-0.4, -0.2) is 30.5 Å². The number of aromatic nitrogens is 2. The van der Waals surface area contributed by atoms with Crippen LogP contribution >= 0.6 is 0 Å². The van der Waals surface area contributed by atoms with Gasteiger partial charge in [0.1, 0.15) is 16.0 Å². The van der Waals surface area contributed by atoms with Crippen LogP contribution in [-0.2, 0) is 15.6 Å². The largest absolute Gasteiger partial charge is 0.480 e. The zero-order valence-corrected chi connectivity index (χ0v) is 12.9. The first-order chi connectivity index (χ1) is 10.1. The molecule has 2 unspecified atom stereocenters. The first-order valence-corrected chi connectivity index (χ1v) is 8.43. The fraction of sp³-hybridized carbons (Fsp3) is 0.467. The molecular formula is C15H20N2O3S. The number of imidazole rings is 1. The Bertz CT molecular complexity index is 606. The lowest BCUT2D eigenvalue weighted by molar-refractivity contribution is -0.136. The number of unbranched alkanes of at least 4 members (excludes halogenated alkanes) is 3. The van der Waals surface area contributed by atoms with Gasteiger partial charge in [0, 0.05) is 0 Å². The number of fused-ring (bicyclic) bond motifs is 1. The van der Waals surface area contributed by atoms with E-state index in [0.717, 1.165) is 31.2 Å². The third-order valence-electron chi connectivity index (χ3n) is 3.41. The molecule has 114 valence electrons. The minimum absolute atomic E-state index is 0.249. The van der Waals surface area contributed by atoms with E-state index in [1.54, 1.807) is 0 Å². The Balaban J connectivity index is 2.12. The summed E-state index contributed by atoms with van der Waals surface area (Å²) in [6, 6.07) is 7.34. The number of H-pyrrole nitrogens is 1. The summed E-state index contributed by atoms with van der Waals surface area (Å²) in [5, 5.41) is 8.65. The van der Waals surface area contributed by atoms with Gasteiger partial charge in [-0.05, 0) is 18.6 Å². The number of hydrogen-bond donors (Lipinski definition) is 2. The molecule has 6 heteroatoms. The zero-order chi connectivity index (χ0) is 15.2. The van der Waals surface area contributed by atoms with Gasteiger partial charge in [0.25, 0.3) is 0 Å². The number of hydrogen-bond acceptors (Lipinski definition) is 3. The topological polar surface area (TPSA) is 83.0 Å². The van der Waals surface area contributed by atoms with Crippen LogP contribution in [0.25, 0.3) is 11.0 Å². The summed E-state index contributed by atoms with van der Waals surface area (Å²) >= 11 is 0. The predicted molar refractivity (Wildman–Crippen MR) is 82.7 cm³/mol. The molecule has 0 amide bonds. The molecule has 0 spiro atoms. The molecule has 2 N–H and O–H groups in total. The summed E-state index contributed by atoms with van der Waals surface area (Å²) in [7, 11) is -1.66. The van der Waals surface area contributed by atoms with Gasteiger partial charge >= 0.3 is 5.97 Å². The molecule has 2 aromatic rings. The monoisotopic (exact) mass is 308 g/mol. The Morgan fingerprint density at radius 1 is 1.33 bits per heavy atom. The fourth-order valence-electron chi connectivity index (χ4n) is 2.24. The predicted octanol–water partition coefficient (Wildman–Crippen LogP) is 3.09. The van der Waals surface area contributed by atoms with Crippen molar-refractivity contribution in [2.45, 2.75) is 49.4 Å². The minimum Gasteiger partial charge on any atom is -0.480 e. The van der Waals surface area contributed by atoms with Crippen molar-refractivity contribution in [3.63, 3.8) is 0 Å². The number of nitrogens with one attached hydrogen (secondary N) is 1. The molecule has 0 aliphatic carbocycles. The summed E-state index contributed by atoms with van der Waals surface area (Å²) in [5.74, 6) is -1.02. The molecule has 1 aromatic carbocycles. The Kier molecular flexibility index (Phi) is 5.50. The first kappa shape index (κ1) is 15.7. The van der Waals surface area contributed by atoms with Crippen molar-refractivity contribution in [3.8, 4) is 0 Å². The molecule has 5 nitrogen and oxygen atoms in total.